The fourth-order valence-corrected chi connectivity index (χ4v) is 0.626. The average molecular weight is 137 g/mol. The molecule has 0 aliphatic carbocycles. The van der Waals surface area contributed by atoms with Gasteiger partial charge in [0, 0.05) is 18.9 Å². The van der Waals surface area contributed by atoms with Crippen LogP contribution in [0.25, 0.3) is 0 Å². The van der Waals surface area contributed by atoms with Gasteiger partial charge in [0.2, 0.25) is 0 Å². The lowest BCUT2D eigenvalue weighted by Gasteiger charge is -2.03. The Kier molecular flexibility index (Phi) is 2.70. The van der Waals surface area contributed by atoms with Crippen LogP contribution in [0.3, 0.4) is 0 Å². The zero-order valence-electron chi connectivity index (χ0n) is 5.96. The molecule has 0 fully saturated rings. The van der Waals surface area contributed by atoms with E-state index in [2.05, 4.69) is 15.8 Å². The van der Waals surface area contributed by atoms with Gasteiger partial charge in [0.05, 0.1) is 5.69 Å². The van der Waals surface area contributed by atoms with Gasteiger partial charge >= 0.3 is 0 Å². The maximum atomic E-state index is 3.89. The first-order chi connectivity index (χ1) is 4.93. The van der Waals surface area contributed by atoms with Gasteiger partial charge in [-0.15, -0.1) is 0 Å². The molecule has 0 radical (unpaired) electrons. The van der Waals surface area contributed by atoms with Crippen LogP contribution in [0.2, 0.25) is 0 Å². The first kappa shape index (κ1) is 7.02. The molecule has 0 saturated heterocycles. The van der Waals surface area contributed by atoms with Crippen molar-refractivity contribution in [2.24, 2.45) is 0 Å². The number of nitrogens with one attached hydrogen (secondary N) is 2. The van der Waals surface area contributed by atoms with Crippen LogP contribution >= 0.6 is 0 Å². The molecule has 1 aromatic rings. The summed E-state index contributed by atoms with van der Waals surface area (Å²) in [7, 11) is 0. The Balaban J connectivity index is 2.43. The van der Waals surface area contributed by atoms with E-state index in [0.717, 1.165) is 12.2 Å². The number of nitrogens with zero attached hydrogens (tertiary/aromatic N) is 1. The van der Waals surface area contributed by atoms with Gasteiger partial charge in [0.1, 0.15) is 0 Å². The number of rotatable bonds is 3. The Bertz CT molecular complexity index is 173. The van der Waals surface area contributed by atoms with E-state index in [4.69, 9.17) is 0 Å². The normalized spacial score (nSPS) is 9.30. The van der Waals surface area contributed by atoms with Crippen LogP contribution < -0.4 is 10.9 Å². The summed E-state index contributed by atoms with van der Waals surface area (Å²) in [6.07, 6.45) is 3.50. The van der Waals surface area contributed by atoms with Crippen molar-refractivity contribution in [1.82, 2.24) is 10.4 Å². The molecule has 0 amide bonds. The molecular weight excluding hydrogens is 126 g/mol. The molecule has 1 rings (SSSR count). The lowest BCUT2D eigenvalue weighted by atomic mass is 10.4. The third-order valence-electron chi connectivity index (χ3n) is 1.09. The highest BCUT2D eigenvalue weighted by atomic mass is 15.3. The summed E-state index contributed by atoms with van der Waals surface area (Å²) in [6.45, 7) is 2.94. The molecule has 3 nitrogen and oxygen atoms in total. The van der Waals surface area contributed by atoms with Gasteiger partial charge in [-0.05, 0) is 12.1 Å². The lowest BCUT2D eigenvalue weighted by molar-refractivity contribution is 0.844. The second-order valence-electron chi connectivity index (χ2n) is 1.89. The predicted molar refractivity (Wildman–Crippen MR) is 41.5 cm³/mol. The molecule has 2 N–H and O–H groups in total. The standard InChI is InChI=1S/C7H11N3/c1-2-9-10-7-3-5-8-6-4-7/h3-6,9H,2H2,1H3,(H,8,10). The highest BCUT2D eigenvalue weighted by Gasteiger charge is 1.83. The molecule has 0 unspecified atom stereocenters. The van der Waals surface area contributed by atoms with Crippen molar-refractivity contribution >= 4 is 5.69 Å². The molecule has 0 spiro atoms. The highest BCUT2D eigenvalue weighted by molar-refractivity contribution is 5.39. The lowest BCUT2D eigenvalue weighted by Crippen LogP contribution is -2.20. The molecule has 0 aliphatic rings. The summed E-state index contributed by atoms with van der Waals surface area (Å²) in [4.78, 5) is 3.89. The van der Waals surface area contributed by atoms with E-state index in [9.17, 15) is 0 Å². The van der Waals surface area contributed by atoms with E-state index >= 15 is 0 Å². The monoisotopic (exact) mass is 137 g/mol. The summed E-state index contributed by atoms with van der Waals surface area (Å²) >= 11 is 0. The Labute approximate surface area is 60.5 Å². The van der Waals surface area contributed by atoms with E-state index in [1.54, 1.807) is 12.4 Å². The molecule has 0 aliphatic heterocycles. The average Bonchev–Trinajstić information content (AvgIpc) is 2.03. The number of hydrazine groups is 1. The Morgan fingerprint density at radius 3 is 2.70 bits per heavy atom. The first-order valence-corrected chi connectivity index (χ1v) is 3.32. The molecular formula is C7H11N3. The fraction of sp³-hybridized carbons (Fsp3) is 0.286. The second-order valence-corrected chi connectivity index (χ2v) is 1.89. The van der Waals surface area contributed by atoms with Crippen molar-refractivity contribution in [3.05, 3.63) is 24.5 Å². The quantitative estimate of drug-likeness (QED) is 0.611. The molecule has 0 aromatic carbocycles. The van der Waals surface area contributed by atoms with E-state index in [0.29, 0.717) is 0 Å². The minimum absolute atomic E-state index is 0.905. The summed E-state index contributed by atoms with van der Waals surface area (Å²) in [5, 5.41) is 0. The number of hydrogen-bond acceptors (Lipinski definition) is 3. The predicted octanol–water partition coefficient (Wildman–Crippen LogP) is 1.02. The summed E-state index contributed by atoms with van der Waals surface area (Å²) in [5.74, 6) is 0. The molecule has 1 aromatic heterocycles. The van der Waals surface area contributed by atoms with Gasteiger partial charge in [0.15, 0.2) is 0 Å². The molecule has 0 bridgehead atoms. The minimum Gasteiger partial charge on any atom is -0.321 e. The van der Waals surface area contributed by atoms with Crippen molar-refractivity contribution in [3.63, 3.8) is 0 Å². The van der Waals surface area contributed by atoms with Crippen LogP contribution in [0.4, 0.5) is 5.69 Å². The molecule has 0 saturated carbocycles. The van der Waals surface area contributed by atoms with Gasteiger partial charge in [-0.1, -0.05) is 6.92 Å². The molecule has 1 heterocycles. The van der Waals surface area contributed by atoms with Crippen LogP contribution in [-0.4, -0.2) is 11.5 Å². The summed E-state index contributed by atoms with van der Waals surface area (Å²) in [5.41, 5.74) is 7.03. The largest absolute Gasteiger partial charge is 0.321 e. The van der Waals surface area contributed by atoms with Crippen molar-refractivity contribution in [3.8, 4) is 0 Å². The first-order valence-electron chi connectivity index (χ1n) is 3.32. The number of hydrogen-bond donors (Lipinski definition) is 2. The summed E-state index contributed by atoms with van der Waals surface area (Å²) < 4.78 is 0. The van der Waals surface area contributed by atoms with E-state index < -0.39 is 0 Å². The SMILES string of the molecule is CCNNc1ccncc1. The molecule has 0 atom stereocenters. The number of pyridine rings is 1. The van der Waals surface area contributed by atoms with Gasteiger partial charge in [-0.2, -0.15) is 0 Å². The summed E-state index contributed by atoms with van der Waals surface area (Å²) in [6, 6.07) is 3.81. The fourth-order valence-electron chi connectivity index (χ4n) is 0.626. The van der Waals surface area contributed by atoms with Crippen molar-refractivity contribution in [1.29, 1.82) is 0 Å². The van der Waals surface area contributed by atoms with Crippen LogP contribution in [0.15, 0.2) is 24.5 Å². The van der Waals surface area contributed by atoms with E-state index in [-0.39, 0.29) is 0 Å². The zero-order valence-corrected chi connectivity index (χ0v) is 5.96. The molecule has 3 heteroatoms. The second kappa shape index (κ2) is 3.85. The van der Waals surface area contributed by atoms with Gasteiger partial charge in [-0.25, -0.2) is 5.43 Å². The van der Waals surface area contributed by atoms with E-state index in [1.807, 2.05) is 19.1 Å². The highest BCUT2D eigenvalue weighted by Crippen LogP contribution is 1.99. The zero-order chi connectivity index (χ0) is 7.23. The van der Waals surface area contributed by atoms with Crippen LogP contribution in [-0.2, 0) is 0 Å². The van der Waals surface area contributed by atoms with Crippen LogP contribution in [0, 0.1) is 0 Å². The topological polar surface area (TPSA) is 37.0 Å². The Morgan fingerprint density at radius 2 is 2.10 bits per heavy atom. The molecule has 54 valence electrons. The van der Waals surface area contributed by atoms with Crippen LogP contribution in [0.5, 0.6) is 0 Å². The Morgan fingerprint density at radius 1 is 1.40 bits per heavy atom. The third-order valence-corrected chi connectivity index (χ3v) is 1.09. The van der Waals surface area contributed by atoms with Crippen molar-refractivity contribution in [2.75, 3.05) is 12.0 Å². The molecule has 10 heavy (non-hydrogen) atoms. The van der Waals surface area contributed by atoms with E-state index in [1.165, 1.54) is 0 Å². The number of anilines is 1. The van der Waals surface area contributed by atoms with Crippen LogP contribution in [0.1, 0.15) is 6.92 Å². The van der Waals surface area contributed by atoms with Gasteiger partial charge in [-0.3, -0.25) is 4.98 Å². The maximum absolute atomic E-state index is 3.89. The smallest absolute Gasteiger partial charge is 0.0518 e. The number of aromatic nitrogens is 1. The Hall–Kier alpha value is -1.09. The minimum atomic E-state index is 0.905. The van der Waals surface area contributed by atoms with Crippen molar-refractivity contribution < 1.29 is 0 Å². The van der Waals surface area contributed by atoms with Gasteiger partial charge < -0.3 is 5.43 Å². The third kappa shape index (κ3) is 2.03. The van der Waals surface area contributed by atoms with Crippen molar-refractivity contribution in [2.45, 2.75) is 6.92 Å². The maximum Gasteiger partial charge on any atom is 0.0518 e. The van der Waals surface area contributed by atoms with Gasteiger partial charge in [0.25, 0.3) is 0 Å².